The molecule has 1 rings (SSSR count). The monoisotopic (exact) mass is 383 g/mol. The predicted molar refractivity (Wildman–Crippen MR) is 97.1 cm³/mol. The summed E-state index contributed by atoms with van der Waals surface area (Å²) in [7, 11) is -2.85. The number of amides is 1. The van der Waals surface area contributed by atoms with E-state index in [0.29, 0.717) is 4.31 Å². The molecule has 0 aromatic heterocycles. The van der Waals surface area contributed by atoms with Crippen molar-refractivity contribution in [1.82, 2.24) is 4.31 Å². The highest BCUT2D eigenvalue weighted by molar-refractivity contribution is 7.89. The van der Waals surface area contributed by atoms with Gasteiger partial charge in [-0.05, 0) is 46.2 Å². The Kier molecular flexibility index (Phi) is 7.38. The number of methoxy groups -OCH3 is 1. The fourth-order valence-electron chi connectivity index (χ4n) is 1.90. The quantitative estimate of drug-likeness (QED) is 0.554. The number of nitrogens with zero attached hydrogens (tertiary/aromatic N) is 1. The molecule has 7 nitrogen and oxygen atoms in total. The molecule has 0 aliphatic carbocycles. The first-order valence-corrected chi connectivity index (χ1v) is 9.48. The minimum atomic E-state index is -4.09. The van der Waals surface area contributed by atoms with E-state index in [4.69, 9.17) is 4.74 Å². The van der Waals surface area contributed by atoms with Gasteiger partial charge in [0.2, 0.25) is 0 Å². The molecule has 0 saturated heterocycles. The summed E-state index contributed by atoms with van der Waals surface area (Å²) in [5.41, 5.74) is 0.0498. The Hall–Kier alpha value is -2.35. The first kappa shape index (κ1) is 21.7. The van der Waals surface area contributed by atoms with Crippen molar-refractivity contribution in [3.8, 4) is 0 Å². The Morgan fingerprint density at radius 1 is 1.15 bits per heavy atom. The molecule has 0 heterocycles. The van der Waals surface area contributed by atoms with Crippen LogP contribution in [0.4, 0.5) is 4.79 Å². The standard InChI is InChI=1S/C18H25NO6S/c1-14-9-11-15(12-10-14)26(22,23)19(17(21)25-18(2,3)4)13-7-6-8-16(20)24-5/h6,8-12H,7,13H2,1-5H3/b8-6-. The summed E-state index contributed by atoms with van der Waals surface area (Å²) >= 11 is 0. The maximum absolute atomic E-state index is 12.9. The Bertz CT molecular complexity index is 760. The Balaban J connectivity index is 3.09. The molecule has 26 heavy (non-hydrogen) atoms. The van der Waals surface area contributed by atoms with Crippen LogP contribution in [0.15, 0.2) is 41.3 Å². The third-order valence-corrected chi connectivity index (χ3v) is 4.94. The van der Waals surface area contributed by atoms with Crippen LogP contribution in [0.3, 0.4) is 0 Å². The van der Waals surface area contributed by atoms with Crippen LogP contribution in [0.2, 0.25) is 0 Å². The summed E-state index contributed by atoms with van der Waals surface area (Å²) in [6, 6.07) is 6.17. The first-order chi connectivity index (χ1) is 12.0. The largest absolute Gasteiger partial charge is 0.466 e. The van der Waals surface area contributed by atoms with Gasteiger partial charge in [-0.2, -0.15) is 0 Å². The van der Waals surface area contributed by atoms with Gasteiger partial charge >= 0.3 is 12.1 Å². The molecule has 0 radical (unpaired) electrons. The van der Waals surface area contributed by atoms with Crippen molar-refractivity contribution in [1.29, 1.82) is 0 Å². The Labute approximate surface area is 154 Å². The molecule has 8 heteroatoms. The fraction of sp³-hybridized carbons (Fsp3) is 0.444. The van der Waals surface area contributed by atoms with Gasteiger partial charge in [0.05, 0.1) is 12.0 Å². The van der Waals surface area contributed by atoms with E-state index in [-0.39, 0.29) is 17.9 Å². The van der Waals surface area contributed by atoms with Crippen molar-refractivity contribution in [3.63, 3.8) is 0 Å². The zero-order valence-corrected chi connectivity index (χ0v) is 16.5. The summed E-state index contributed by atoms with van der Waals surface area (Å²) in [5.74, 6) is -0.560. The van der Waals surface area contributed by atoms with E-state index in [9.17, 15) is 18.0 Å². The van der Waals surface area contributed by atoms with E-state index in [1.54, 1.807) is 32.9 Å². The van der Waals surface area contributed by atoms with Crippen LogP contribution in [-0.2, 0) is 24.3 Å². The van der Waals surface area contributed by atoms with Gasteiger partial charge in [-0.15, -0.1) is 0 Å². The molecule has 0 spiro atoms. The lowest BCUT2D eigenvalue weighted by molar-refractivity contribution is -0.134. The number of ether oxygens (including phenoxy) is 2. The average molecular weight is 383 g/mol. The van der Waals surface area contributed by atoms with Gasteiger partial charge in [0.15, 0.2) is 0 Å². The number of sulfonamides is 1. The molecule has 0 aliphatic heterocycles. The third-order valence-electron chi connectivity index (χ3n) is 3.16. The van der Waals surface area contributed by atoms with Crippen LogP contribution >= 0.6 is 0 Å². The van der Waals surface area contributed by atoms with E-state index in [1.807, 2.05) is 6.92 Å². The molecular formula is C18H25NO6S. The zero-order chi connectivity index (χ0) is 20.0. The predicted octanol–water partition coefficient (Wildman–Crippen LogP) is 3.04. The van der Waals surface area contributed by atoms with Crippen LogP contribution in [0, 0.1) is 6.92 Å². The normalized spacial score (nSPS) is 12.0. The Morgan fingerprint density at radius 3 is 2.23 bits per heavy atom. The fourth-order valence-corrected chi connectivity index (χ4v) is 3.21. The maximum Gasteiger partial charge on any atom is 0.424 e. The molecule has 0 aliphatic rings. The summed E-state index contributed by atoms with van der Waals surface area (Å²) in [5, 5.41) is 0. The molecule has 0 atom stereocenters. The van der Waals surface area contributed by atoms with E-state index in [0.717, 1.165) is 5.56 Å². The minimum absolute atomic E-state index is 0.00842. The van der Waals surface area contributed by atoms with Crippen molar-refractivity contribution in [2.24, 2.45) is 0 Å². The number of hydrogen-bond donors (Lipinski definition) is 0. The molecule has 0 N–H and O–H groups in total. The summed E-state index contributed by atoms with van der Waals surface area (Å²) < 4.78 is 36.1. The van der Waals surface area contributed by atoms with Crippen LogP contribution in [-0.4, -0.2) is 44.0 Å². The number of carbonyl (C=O) groups is 2. The molecule has 1 amide bonds. The number of carbonyl (C=O) groups excluding carboxylic acids is 2. The SMILES string of the molecule is COC(=O)/C=C\CCN(C(=O)OC(C)(C)C)S(=O)(=O)c1ccc(C)cc1. The molecule has 1 aromatic carbocycles. The third kappa shape index (κ3) is 6.51. The van der Waals surface area contributed by atoms with Gasteiger partial charge in [0, 0.05) is 12.6 Å². The second-order valence-corrected chi connectivity index (χ2v) is 8.45. The first-order valence-electron chi connectivity index (χ1n) is 8.04. The molecule has 0 saturated carbocycles. The minimum Gasteiger partial charge on any atom is -0.466 e. The lowest BCUT2D eigenvalue weighted by atomic mass is 10.2. The van der Waals surface area contributed by atoms with Gasteiger partial charge in [-0.1, -0.05) is 23.8 Å². The molecule has 1 aromatic rings. The topological polar surface area (TPSA) is 90.0 Å². The summed E-state index contributed by atoms with van der Waals surface area (Å²) in [4.78, 5) is 23.5. The van der Waals surface area contributed by atoms with E-state index < -0.39 is 27.7 Å². The van der Waals surface area contributed by atoms with Gasteiger partial charge in [0.1, 0.15) is 5.60 Å². The van der Waals surface area contributed by atoms with Gasteiger partial charge in [-0.25, -0.2) is 22.3 Å². The highest BCUT2D eigenvalue weighted by atomic mass is 32.2. The zero-order valence-electron chi connectivity index (χ0n) is 15.7. The highest BCUT2D eigenvalue weighted by Crippen LogP contribution is 2.20. The van der Waals surface area contributed by atoms with Gasteiger partial charge in [0.25, 0.3) is 10.0 Å². The number of esters is 1. The van der Waals surface area contributed by atoms with Crippen molar-refractivity contribution < 1.29 is 27.5 Å². The van der Waals surface area contributed by atoms with Crippen molar-refractivity contribution >= 4 is 22.1 Å². The molecule has 0 unspecified atom stereocenters. The van der Waals surface area contributed by atoms with Crippen LogP contribution < -0.4 is 0 Å². The molecule has 144 valence electrons. The highest BCUT2D eigenvalue weighted by Gasteiger charge is 2.32. The smallest absolute Gasteiger partial charge is 0.424 e. The lowest BCUT2D eigenvalue weighted by Crippen LogP contribution is -2.41. The van der Waals surface area contributed by atoms with Crippen molar-refractivity contribution in [2.45, 2.75) is 44.6 Å². The second kappa shape index (κ2) is 8.84. The molecule has 0 fully saturated rings. The van der Waals surface area contributed by atoms with Gasteiger partial charge in [-0.3, -0.25) is 0 Å². The van der Waals surface area contributed by atoms with Crippen LogP contribution in [0.25, 0.3) is 0 Å². The number of rotatable bonds is 6. The average Bonchev–Trinajstić information content (AvgIpc) is 2.52. The van der Waals surface area contributed by atoms with E-state index in [2.05, 4.69) is 4.74 Å². The molecular weight excluding hydrogens is 358 g/mol. The second-order valence-electron chi connectivity index (χ2n) is 6.58. The molecule has 0 bridgehead atoms. The summed E-state index contributed by atoms with van der Waals surface area (Å²) in [6.45, 7) is 6.62. The van der Waals surface area contributed by atoms with Gasteiger partial charge < -0.3 is 9.47 Å². The lowest BCUT2D eigenvalue weighted by Gasteiger charge is -2.26. The number of aryl methyl sites for hydroxylation is 1. The Morgan fingerprint density at radius 2 is 1.73 bits per heavy atom. The number of hydrogen-bond acceptors (Lipinski definition) is 6. The summed E-state index contributed by atoms with van der Waals surface area (Å²) in [6.07, 6.45) is 1.78. The van der Waals surface area contributed by atoms with E-state index >= 15 is 0 Å². The van der Waals surface area contributed by atoms with Crippen molar-refractivity contribution in [3.05, 3.63) is 42.0 Å². The van der Waals surface area contributed by atoms with Crippen LogP contribution in [0.1, 0.15) is 32.8 Å². The number of benzene rings is 1. The van der Waals surface area contributed by atoms with E-state index in [1.165, 1.54) is 31.4 Å². The van der Waals surface area contributed by atoms with Crippen LogP contribution in [0.5, 0.6) is 0 Å². The maximum atomic E-state index is 12.9. The van der Waals surface area contributed by atoms with Crippen molar-refractivity contribution in [2.75, 3.05) is 13.7 Å².